The molecular formula is C20H30ClN3O2. The summed E-state index contributed by atoms with van der Waals surface area (Å²) in [6.45, 7) is 4.74. The lowest BCUT2D eigenvalue weighted by Crippen LogP contribution is -2.39. The molecule has 2 saturated heterocycles. The number of carbonyl (C=O) groups excluding carboxylic acids is 2. The summed E-state index contributed by atoms with van der Waals surface area (Å²) in [5, 5.41) is 6.70. The highest BCUT2D eigenvalue weighted by Crippen LogP contribution is 2.33. The number of nitrogens with one attached hydrogen (secondary N) is 2. The molecule has 1 aromatic carbocycles. The first kappa shape index (κ1) is 20.7. The van der Waals surface area contributed by atoms with Gasteiger partial charge in [0.05, 0.1) is 0 Å². The Kier molecular flexibility index (Phi) is 7.47. The number of nitrogens with zero attached hydrogens (tertiary/aromatic N) is 1. The van der Waals surface area contributed by atoms with Gasteiger partial charge in [-0.3, -0.25) is 9.59 Å². The molecule has 144 valence electrons. The lowest BCUT2D eigenvalue weighted by atomic mass is 9.89. The molecule has 5 nitrogen and oxygen atoms in total. The highest BCUT2D eigenvalue weighted by Gasteiger charge is 2.34. The molecule has 2 aliphatic heterocycles. The van der Waals surface area contributed by atoms with Crippen molar-refractivity contribution in [1.29, 1.82) is 0 Å². The molecule has 2 bridgehead atoms. The molecule has 2 amide bonds. The van der Waals surface area contributed by atoms with E-state index in [9.17, 15) is 9.59 Å². The first-order valence-corrected chi connectivity index (χ1v) is 9.44. The Morgan fingerprint density at radius 1 is 1.19 bits per heavy atom. The summed E-state index contributed by atoms with van der Waals surface area (Å²) in [4.78, 5) is 26.0. The number of anilines is 1. The third-order valence-corrected chi connectivity index (χ3v) is 5.52. The van der Waals surface area contributed by atoms with E-state index >= 15 is 0 Å². The largest absolute Gasteiger partial charge is 0.339 e. The molecule has 0 saturated carbocycles. The average molecular weight is 380 g/mol. The van der Waals surface area contributed by atoms with Gasteiger partial charge in [0.2, 0.25) is 11.8 Å². The van der Waals surface area contributed by atoms with Gasteiger partial charge in [0.15, 0.2) is 0 Å². The molecule has 6 heteroatoms. The molecule has 2 unspecified atom stereocenters. The Bertz CT molecular complexity index is 625. The first-order chi connectivity index (χ1) is 12.0. The Balaban J connectivity index is 0.00000243. The van der Waals surface area contributed by atoms with Crippen LogP contribution >= 0.6 is 12.4 Å². The second-order valence-corrected chi connectivity index (χ2v) is 7.42. The standard InChI is InChI=1S/C20H29N3O2.ClH/c1-3-23(14(2)24)13-16-6-4-5-7-19(16)22-20(25)12-15-10-17-8-9-18(11-15)21-17;/h4-7,15,17-18,21H,3,8-13H2,1-2H3,(H,22,25);1H. The molecule has 0 radical (unpaired) electrons. The quantitative estimate of drug-likeness (QED) is 0.796. The fourth-order valence-corrected chi connectivity index (χ4v) is 4.24. The maximum absolute atomic E-state index is 12.5. The molecule has 2 atom stereocenters. The number of rotatable bonds is 6. The van der Waals surface area contributed by atoms with Crippen LogP contribution < -0.4 is 10.6 Å². The third kappa shape index (κ3) is 5.21. The zero-order valence-corrected chi connectivity index (χ0v) is 16.5. The molecule has 2 heterocycles. The van der Waals surface area contributed by atoms with Crippen molar-refractivity contribution in [2.24, 2.45) is 5.92 Å². The summed E-state index contributed by atoms with van der Waals surface area (Å²) in [5.41, 5.74) is 1.81. The number of piperidine rings is 1. The summed E-state index contributed by atoms with van der Waals surface area (Å²) < 4.78 is 0. The predicted octanol–water partition coefficient (Wildman–Crippen LogP) is 3.34. The molecule has 3 rings (SSSR count). The topological polar surface area (TPSA) is 61.4 Å². The minimum Gasteiger partial charge on any atom is -0.339 e. The van der Waals surface area contributed by atoms with Gasteiger partial charge in [-0.15, -0.1) is 12.4 Å². The van der Waals surface area contributed by atoms with Gasteiger partial charge in [-0.2, -0.15) is 0 Å². The Morgan fingerprint density at radius 3 is 2.46 bits per heavy atom. The Labute approximate surface area is 162 Å². The summed E-state index contributed by atoms with van der Waals surface area (Å²) in [7, 11) is 0. The highest BCUT2D eigenvalue weighted by atomic mass is 35.5. The van der Waals surface area contributed by atoms with E-state index in [0.717, 1.165) is 24.1 Å². The maximum atomic E-state index is 12.5. The lowest BCUT2D eigenvalue weighted by molar-refractivity contribution is -0.129. The fraction of sp³-hybridized carbons (Fsp3) is 0.600. The number of hydrogen-bond donors (Lipinski definition) is 2. The van der Waals surface area contributed by atoms with Crippen molar-refractivity contribution in [2.45, 2.75) is 64.6 Å². The summed E-state index contributed by atoms with van der Waals surface area (Å²) in [5.74, 6) is 0.619. The van der Waals surface area contributed by atoms with E-state index < -0.39 is 0 Å². The number of halogens is 1. The number of amides is 2. The van der Waals surface area contributed by atoms with E-state index in [1.54, 1.807) is 11.8 Å². The Hall–Kier alpha value is -1.59. The zero-order valence-electron chi connectivity index (χ0n) is 15.7. The number of para-hydroxylation sites is 1. The van der Waals surface area contributed by atoms with Crippen molar-refractivity contribution in [3.63, 3.8) is 0 Å². The van der Waals surface area contributed by atoms with Gasteiger partial charge >= 0.3 is 0 Å². The monoisotopic (exact) mass is 379 g/mol. The first-order valence-electron chi connectivity index (χ1n) is 9.44. The molecule has 0 spiro atoms. The van der Waals surface area contributed by atoms with Crippen molar-refractivity contribution < 1.29 is 9.59 Å². The Morgan fingerprint density at radius 2 is 1.85 bits per heavy atom. The van der Waals surface area contributed by atoms with E-state index in [1.165, 1.54) is 12.8 Å². The van der Waals surface area contributed by atoms with Gasteiger partial charge in [0.1, 0.15) is 0 Å². The third-order valence-electron chi connectivity index (χ3n) is 5.52. The van der Waals surface area contributed by atoms with E-state index in [1.807, 2.05) is 31.2 Å². The van der Waals surface area contributed by atoms with Crippen LogP contribution in [0.2, 0.25) is 0 Å². The van der Waals surface area contributed by atoms with Crippen LogP contribution in [0.5, 0.6) is 0 Å². The molecule has 2 N–H and O–H groups in total. The van der Waals surface area contributed by atoms with Crippen LogP contribution in [0.25, 0.3) is 0 Å². The molecule has 26 heavy (non-hydrogen) atoms. The lowest BCUT2D eigenvalue weighted by Gasteiger charge is -2.28. The van der Waals surface area contributed by atoms with Gasteiger partial charge in [-0.1, -0.05) is 18.2 Å². The van der Waals surface area contributed by atoms with E-state index in [0.29, 0.717) is 37.5 Å². The molecular weight excluding hydrogens is 350 g/mol. The normalized spacial score (nSPS) is 23.8. The van der Waals surface area contributed by atoms with Crippen LogP contribution in [-0.2, 0) is 16.1 Å². The molecule has 1 aromatic rings. The average Bonchev–Trinajstić information content (AvgIpc) is 2.92. The molecule has 0 aromatic heterocycles. The van der Waals surface area contributed by atoms with Crippen LogP contribution in [-0.4, -0.2) is 35.3 Å². The van der Waals surface area contributed by atoms with Crippen LogP contribution in [0.1, 0.15) is 51.5 Å². The van der Waals surface area contributed by atoms with Crippen molar-refractivity contribution >= 4 is 29.9 Å². The number of hydrogen-bond acceptors (Lipinski definition) is 3. The van der Waals surface area contributed by atoms with Crippen LogP contribution in [0.3, 0.4) is 0 Å². The van der Waals surface area contributed by atoms with Crippen LogP contribution in [0, 0.1) is 5.92 Å². The SMILES string of the molecule is CCN(Cc1ccccc1NC(=O)CC1CC2CCC(C1)N2)C(C)=O.Cl. The van der Waals surface area contributed by atoms with E-state index in [-0.39, 0.29) is 24.2 Å². The second-order valence-electron chi connectivity index (χ2n) is 7.42. The van der Waals surface area contributed by atoms with Gasteiger partial charge in [-0.25, -0.2) is 0 Å². The summed E-state index contributed by atoms with van der Waals surface area (Å²) in [6.07, 6.45) is 5.32. The minimum absolute atomic E-state index is 0. The smallest absolute Gasteiger partial charge is 0.224 e. The van der Waals surface area contributed by atoms with Crippen LogP contribution in [0.4, 0.5) is 5.69 Å². The van der Waals surface area contributed by atoms with Crippen molar-refractivity contribution in [3.05, 3.63) is 29.8 Å². The van der Waals surface area contributed by atoms with Crippen molar-refractivity contribution in [2.75, 3.05) is 11.9 Å². The maximum Gasteiger partial charge on any atom is 0.224 e. The summed E-state index contributed by atoms with van der Waals surface area (Å²) >= 11 is 0. The second kappa shape index (κ2) is 9.38. The molecule has 2 fully saturated rings. The van der Waals surface area contributed by atoms with Crippen molar-refractivity contribution in [1.82, 2.24) is 10.2 Å². The summed E-state index contributed by atoms with van der Waals surface area (Å²) in [6, 6.07) is 8.99. The van der Waals surface area contributed by atoms with Crippen molar-refractivity contribution in [3.8, 4) is 0 Å². The number of fused-ring (bicyclic) bond motifs is 2. The molecule has 2 aliphatic rings. The zero-order chi connectivity index (χ0) is 17.8. The number of carbonyl (C=O) groups is 2. The van der Waals surface area contributed by atoms with Gasteiger partial charge in [-0.05, 0) is 50.2 Å². The van der Waals surface area contributed by atoms with E-state index in [2.05, 4.69) is 10.6 Å². The van der Waals surface area contributed by atoms with Crippen LogP contribution in [0.15, 0.2) is 24.3 Å². The van der Waals surface area contributed by atoms with Gasteiger partial charge in [0, 0.05) is 44.2 Å². The fourth-order valence-electron chi connectivity index (χ4n) is 4.24. The van der Waals surface area contributed by atoms with Gasteiger partial charge < -0.3 is 15.5 Å². The highest BCUT2D eigenvalue weighted by molar-refractivity contribution is 5.91. The molecule has 0 aliphatic carbocycles. The minimum atomic E-state index is 0. The predicted molar refractivity (Wildman–Crippen MR) is 106 cm³/mol. The van der Waals surface area contributed by atoms with Gasteiger partial charge in [0.25, 0.3) is 0 Å². The van der Waals surface area contributed by atoms with E-state index in [4.69, 9.17) is 0 Å². The number of benzene rings is 1.